The molecule has 0 fully saturated rings. The fourth-order valence-corrected chi connectivity index (χ4v) is 1.50. The number of rotatable bonds is 5. The van der Waals surface area contributed by atoms with Gasteiger partial charge in [-0.3, -0.25) is 10.1 Å². The van der Waals surface area contributed by atoms with Gasteiger partial charge in [-0.05, 0) is 25.6 Å². The summed E-state index contributed by atoms with van der Waals surface area (Å²) >= 11 is 0. The van der Waals surface area contributed by atoms with Crippen molar-refractivity contribution in [3.63, 3.8) is 0 Å². The second-order valence-corrected chi connectivity index (χ2v) is 3.77. The molecule has 0 saturated carbocycles. The third-order valence-corrected chi connectivity index (χ3v) is 2.44. The van der Waals surface area contributed by atoms with Crippen LogP contribution >= 0.6 is 0 Å². The molecule has 0 heterocycles. The van der Waals surface area contributed by atoms with E-state index < -0.39 is 0 Å². The van der Waals surface area contributed by atoms with Crippen LogP contribution in [0.4, 0.5) is 11.4 Å². The maximum Gasteiger partial charge on any atom is 0.292 e. The first kappa shape index (κ1) is 12.4. The SMILES string of the molecule is CNCCN(C)c1ccc(C)cc1[N+](=O)[O-]. The fraction of sp³-hybridized carbons (Fsp3) is 0.455. The molecule has 1 rings (SSSR count). The summed E-state index contributed by atoms with van der Waals surface area (Å²) in [6, 6.07) is 5.28. The van der Waals surface area contributed by atoms with Crippen molar-refractivity contribution in [2.45, 2.75) is 6.92 Å². The van der Waals surface area contributed by atoms with Gasteiger partial charge in [0.1, 0.15) is 5.69 Å². The number of nitrogens with zero attached hydrogens (tertiary/aromatic N) is 2. The summed E-state index contributed by atoms with van der Waals surface area (Å²) < 4.78 is 0. The Balaban J connectivity index is 2.98. The number of nitro groups is 1. The van der Waals surface area contributed by atoms with Crippen LogP contribution in [0.25, 0.3) is 0 Å². The smallest absolute Gasteiger partial charge is 0.292 e. The number of hydrogen-bond donors (Lipinski definition) is 1. The first-order valence-electron chi connectivity index (χ1n) is 5.17. The number of aryl methyl sites for hydroxylation is 1. The molecule has 0 atom stereocenters. The summed E-state index contributed by atoms with van der Waals surface area (Å²) in [5, 5.41) is 13.9. The van der Waals surface area contributed by atoms with Crippen LogP contribution < -0.4 is 10.2 Å². The van der Waals surface area contributed by atoms with Crippen molar-refractivity contribution >= 4 is 11.4 Å². The summed E-state index contributed by atoms with van der Waals surface area (Å²) in [6.07, 6.45) is 0. The Morgan fingerprint density at radius 2 is 2.19 bits per heavy atom. The predicted molar refractivity (Wildman–Crippen MR) is 65.0 cm³/mol. The van der Waals surface area contributed by atoms with Crippen LogP contribution in [0, 0.1) is 17.0 Å². The summed E-state index contributed by atoms with van der Waals surface area (Å²) in [4.78, 5) is 12.5. The van der Waals surface area contributed by atoms with E-state index in [0.717, 1.165) is 18.7 Å². The molecular weight excluding hydrogens is 206 g/mol. The molecular formula is C11H17N3O2. The molecule has 0 bridgehead atoms. The van der Waals surface area contributed by atoms with Gasteiger partial charge >= 0.3 is 0 Å². The molecule has 16 heavy (non-hydrogen) atoms. The van der Waals surface area contributed by atoms with Crippen LogP contribution in [0.3, 0.4) is 0 Å². The minimum Gasteiger partial charge on any atom is -0.368 e. The highest BCUT2D eigenvalue weighted by Gasteiger charge is 2.16. The van der Waals surface area contributed by atoms with E-state index in [2.05, 4.69) is 5.32 Å². The molecule has 0 unspecified atom stereocenters. The van der Waals surface area contributed by atoms with Crippen molar-refractivity contribution in [2.24, 2.45) is 0 Å². The number of anilines is 1. The average Bonchev–Trinajstić information content (AvgIpc) is 2.25. The Morgan fingerprint density at radius 3 is 2.75 bits per heavy atom. The third kappa shape index (κ3) is 2.93. The molecule has 5 heteroatoms. The fourth-order valence-electron chi connectivity index (χ4n) is 1.50. The van der Waals surface area contributed by atoms with E-state index >= 15 is 0 Å². The molecule has 1 aromatic carbocycles. The zero-order valence-electron chi connectivity index (χ0n) is 9.86. The van der Waals surface area contributed by atoms with Crippen LogP contribution in [0.1, 0.15) is 5.56 Å². The molecule has 0 aliphatic carbocycles. The second-order valence-electron chi connectivity index (χ2n) is 3.77. The molecule has 0 radical (unpaired) electrons. The minimum absolute atomic E-state index is 0.165. The maximum absolute atomic E-state index is 10.9. The van der Waals surface area contributed by atoms with Crippen LogP contribution in [0.2, 0.25) is 0 Å². The molecule has 0 spiro atoms. The van der Waals surface area contributed by atoms with Crippen molar-refractivity contribution in [3.8, 4) is 0 Å². The highest BCUT2D eigenvalue weighted by atomic mass is 16.6. The molecule has 1 aromatic rings. The predicted octanol–water partition coefficient (Wildman–Crippen LogP) is 1.56. The maximum atomic E-state index is 10.9. The highest BCUT2D eigenvalue weighted by molar-refractivity contribution is 5.63. The Morgan fingerprint density at radius 1 is 1.50 bits per heavy atom. The molecule has 88 valence electrons. The van der Waals surface area contributed by atoms with Crippen LogP contribution in [0.5, 0.6) is 0 Å². The highest BCUT2D eigenvalue weighted by Crippen LogP contribution is 2.27. The summed E-state index contributed by atoms with van der Waals surface area (Å²) in [5.74, 6) is 0. The van der Waals surface area contributed by atoms with Gasteiger partial charge in [0, 0.05) is 26.2 Å². The van der Waals surface area contributed by atoms with Gasteiger partial charge in [0.05, 0.1) is 4.92 Å². The lowest BCUT2D eigenvalue weighted by atomic mass is 10.2. The molecule has 0 saturated heterocycles. The van der Waals surface area contributed by atoms with E-state index in [4.69, 9.17) is 0 Å². The molecule has 1 N–H and O–H groups in total. The van der Waals surface area contributed by atoms with Gasteiger partial charge in [-0.2, -0.15) is 0 Å². The van der Waals surface area contributed by atoms with Crippen molar-refractivity contribution in [2.75, 3.05) is 32.1 Å². The van der Waals surface area contributed by atoms with E-state index in [0.29, 0.717) is 5.69 Å². The Hall–Kier alpha value is -1.62. The number of nitro benzene ring substituents is 1. The number of benzene rings is 1. The van der Waals surface area contributed by atoms with E-state index in [9.17, 15) is 10.1 Å². The Bertz CT molecular complexity index is 379. The van der Waals surface area contributed by atoms with Gasteiger partial charge in [0.25, 0.3) is 5.69 Å². The third-order valence-electron chi connectivity index (χ3n) is 2.44. The van der Waals surface area contributed by atoms with Gasteiger partial charge in [0.15, 0.2) is 0 Å². The van der Waals surface area contributed by atoms with E-state index in [1.54, 1.807) is 12.1 Å². The molecule has 0 amide bonds. The van der Waals surface area contributed by atoms with E-state index in [-0.39, 0.29) is 10.6 Å². The molecule has 0 aliphatic rings. The van der Waals surface area contributed by atoms with Gasteiger partial charge in [0.2, 0.25) is 0 Å². The normalized spacial score (nSPS) is 10.2. The van der Waals surface area contributed by atoms with Crippen molar-refractivity contribution in [1.82, 2.24) is 5.32 Å². The van der Waals surface area contributed by atoms with Gasteiger partial charge < -0.3 is 10.2 Å². The second kappa shape index (κ2) is 5.46. The zero-order valence-corrected chi connectivity index (χ0v) is 9.86. The molecule has 0 aliphatic heterocycles. The van der Waals surface area contributed by atoms with E-state index in [1.165, 1.54) is 0 Å². The molecule has 5 nitrogen and oxygen atoms in total. The van der Waals surface area contributed by atoms with Crippen molar-refractivity contribution in [1.29, 1.82) is 0 Å². The zero-order chi connectivity index (χ0) is 12.1. The molecule has 0 aromatic heterocycles. The number of hydrogen-bond acceptors (Lipinski definition) is 4. The number of nitrogens with one attached hydrogen (secondary N) is 1. The first-order chi connectivity index (χ1) is 7.56. The average molecular weight is 223 g/mol. The standard InChI is InChI=1S/C11H17N3O2/c1-9-4-5-10(11(8-9)14(15)16)13(3)7-6-12-2/h4-5,8,12H,6-7H2,1-3H3. The lowest BCUT2D eigenvalue weighted by Gasteiger charge is -2.19. The van der Waals surface area contributed by atoms with Crippen LogP contribution in [-0.2, 0) is 0 Å². The minimum atomic E-state index is -0.335. The topological polar surface area (TPSA) is 58.4 Å². The lowest BCUT2D eigenvalue weighted by molar-refractivity contribution is -0.384. The Kier molecular flexibility index (Phi) is 4.25. The quantitative estimate of drug-likeness (QED) is 0.608. The van der Waals surface area contributed by atoms with Gasteiger partial charge in [-0.1, -0.05) is 6.07 Å². The van der Waals surface area contributed by atoms with Gasteiger partial charge in [-0.25, -0.2) is 0 Å². The Labute approximate surface area is 95.2 Å². The number of likely N-dealkylation sites (N-methyl/N-ethyl adjacent to an activating group) is 2. The van der Waals surface area contributed by atoms with Crippen LogP contribution in [-0.4, -0.2) is 32.1 Å². The first-order valence-corrected chi connectivity index (χ1v) is 5.17. The van der Waals surface area contributed by atoms with Crippen LogP contribution in [0.15, 0.2) is 18.2 Å². The van der Waals surface area contributed by atoms with Gasteiger partial charge in [-0.15, -0.1) is 0 Å². The van der Waals surface area contributed by atoms with Crippen molar-refractivity contribution in [3.05, 3.63) is 33.9 Å². The summed E-state index contributed by atoms with van der Waals surface area (Å²) in [6.45, 7) is 3.38. The largest absolute Gasteiger partial charge is 0.368 e. The lowest BCUT2D eigenvalue weighted by Crippen LogP contribution is -2.27. The van der Waals surface area contributed by atoms with Crippen molar-refractivity contribution < 1.29 is 4.92 Å². The van der Waals surface area contributed by atoms with E-state index in [1.807, 2.05) is 32.0 Å². The monoisotopic (exact) mass is 223 g/mol. The summed E-state index contributed by atoms with van der Waals surface area (Å²) in [7, 11) is 3.71. The summed E-state index contributed by atoms with van der Waals surface area (Å²) in [5.41, 5.74) is 1.72.